The third kappa shape index (κ3) is 3.40. The Hall–Kier alpha value is -3.59. The van der Waals surface area contributed by atoms with Crippen molar-refractivity contribution < 1.29 is 4.52 Å². The molecule has 10 heteroatoms. The van der Waals surface area contributed by atoms with Crippen molar-refractivity contribution in [1.82, 2.24) is 30.1 Å². The Morgan fingerprint density at radius 1 is 0.963 bits per heavy atom. The van der Waals surface area contributed by atoms with Crippen LogP contribution in [0.3, 0.4) is 0 Å². The fourth-order valence-corrected chi connectivity index (χ4v) is 2.55. The van der Waals surface area contributed by atoms with Crippen LogP contribution in [0.15, 0.2) is 53.2 Å². The number of hydrogen-bond acceptors (Lipinski definition) is 9. The lowest BCUT2D eigenvalue weighted by molar-refractivity contribution is 0.430. The summed E-state index contributed by atoms with van der Waals surface area (Å²) in [6.07, 6.45) is 1.58. The molecule has 134 valence electrons. The number of halogens is 1. The molecule has 0 spiro atoms. The molecule has 0 unspecified atom stereocenters. The molecule has 0 amide bonds. The van der Waals surface area contributed by atoms with Crippen LogP contribution >= 0.6 is 11.6 Å². The Morgan fingerprint density at radius 3 is 2.56 bits per heavy atom. The maximum Gasteiger partial charge on any atom is 0.278 e. The van der Waals surface area contributed by atoms with Gasteiger partial charge in [-0.1, -0.05) is 35.0 Å². The number of benzene rings is 1. The maximum absolute atomic E-state index is 6.12. The number of hydrogen-bond donors (Lipinski definition) is 1. The van der Waals surface area contributed by atoms with Gasteiger partial charge in [0.1, 0.15) is 5.69 Å². The topological polar surface area (TPSA) is 120 Å². The van der Waals surface area contributed by atoms with Gasteiger partial charge in [-0.2, -0.15) is 19.9 Å². The van der Waals surface area contributed by atoms with Gasteiger partial charge in [0.05, 0.1) is 5.02 Å². The summed E-state index contributed by atoms with van der Waals surface area (Å²) in [5, 5.41) is 4.30. The van der Waals surface area contributed by atoms with Crippen molar-refractivity contribution in [3.63, 3.8) is 0 Å². The van der Waals surface area contributed by atoms with Gasteiger partial charge in [-0.05, 0) is 24.3 Å². The van der Waals surface area contributed by atoms with Crippen LogP contribution in [0.4, 0.5) is 17.6 Å². The molecule has 4 rings (SSSR count). The number of para-hydroxylation sites is 1. The van der Waals surface area contributed by atoms with Crippen molar-refractivity contribution in [3.05, 3.63) is 53.7 Å². The van der Waals surface area contributed by atoms with E-state index in [1.54, 1.807) is 23.2 Å². The lowest BCUT2D eigenvalue weighted by atomic mass is 10.3. The predicted octanol–water partition coefficient (Wildman–Crippen LogP) is 2.99. The first-order chi connectivity index (χ1) is 13.1. The minimum atomic E-state index is 0.0417. The third-order valence-corrected chi connectivity index (χ3v) is 3.98. The zero-order valence-corrected chi connectivity index (χ0v) is 14.9. The highest BCUT2D eigenvalue weighted by molar-refractivity contribution is 6.32. The molecule has 4 aromatic rings. The van der Waals surface area contributed by atoms with Gasteiger partial charge in [-0.25, -0.2) is 4.98 Å². The van der Waals surface area contributed by atoms with Crippen LogP contribution in [-0.4, -0.2) is 37.1 Å². The van der Waals surface area contributed by atoms with Gasteiger partial charge in [0.25, 0.3) is 5.89 Å². The fourth-order valence-electron chi connectivity index (χ4n) is 2.35. The van der Waals surface area contributed by atoms with E-state index in [1.165, 1.54) is 0 Å². The Balaban J connectivity index is 1.71. The van der Waals surface area contributed by atoms with E-state index in [0.717, 1.165) is 5.69 Å². The second kappa shape index (κ2) is 6.96. The molecule has 2 N–H and O–H groups in total. The van der Waals surface area contributed by atoms with Gasteiger partial charge < -0.3 is 15.2 Å². The number of nitrogen functional groups attached to an aromatic ring is 1. The number of aromatic nitrogens is 6. The zero-order valence-electron chi connectivity index (χ0n) is 14.1. The minimum Gasteiger partial charge on any atom is -0.368 e. The van der Waals surface area contributed by atoms with Crippen LogP contribution in [0.2, 0.25) is 5.02 Å². The molecule has 0 radical (unpaired) electrons. The molecule has 3 heterocycles. The summed E-state index contributed by atoms with van der Waals surface area (Å²) in [7, 11) is 1.82. The molecule has 0 saturated heterocycles. The molecular weight excluding hydrogens is 368 g/mol. The first-order valence-corrected chi connectivity index (χ1v) is 8.25. The van der Waals surface area contributed by atoms with Crippen LogP contribution in [0.1, 0.15) is 0 Å². The normalized spacial score (nSPS) is 10.7. The third-order valence-electron chi connectivity index (χ3n) is 3.67. The summed E-state index contributed by atoms with van der Waals surface area (Å²) in [5.74, 6) is 0.893. The van der Waals surface area contributed by atoms with E-state index in [-0.39, 0.29) is 23.5 Å². The van der Waals surface area contributed by atoms with E-state index in [0.29, 0.717) is 16.7 Å². The van der Waals surface area contributed by atoms with Crippen molar-refractivity contribution in [2.75, 3.05) is 17.7 Å². The molecule has 0 saturated carbocycles. The molecule has 27 heavy (non-hydrogen) atoms. The van der Waals surface area contributed by atoms with Crippen LogP contribution < -0.4 is 10.6 Å². The summed E-state index contributed by atoms with van der Waals surface area (Å²) < 4.78 is 5.25. The summed E-state index contributed by atoms with van der Waals surface area (Å²) in [4.78, 5) is 22.9. The SMILES string of the molecule is CN(c1ccccc1)c1nc(N)nc(-c2noc(-c3ncccc3Cl)n2)n1. The maximum atomic E-state index is 6.12. The van der Waals surface area contributed by atoms with Gasteiger partial charge in [-0.3, -0.25) is 0 Å². The van der Waals surface area contributed by atoms with Crippen LogP contribution in [0.5, 0.6) is 0 Å². The molecule has 0 aliphatic heterocycles. The highest BCUT2D eigenvalue weighted by Crippen LogP contribution is 2.26. The van der Waals surface area contributed by atoms with Crippen molar-refractivity contribution in [3.8, 4) is 23.2 Å². The zero-order chi connectivity index (χ0) is 18.8. The second-order valence-corrected chi connectivity index (χ2v) is 5.88. The Morgan fingerprint density at radius 2 is 1.78 bits per heavy atom. The number of rotatable bonds is 4. The molecular formula is C17H13ClN8O. The van der Waals surface area contributed by atoms with Crippen LogP contribution in [0.25, 0.3) is 23.2 Å². The van der Waals surface area contributed by atoms with Crippen molar-refractivity contribution >= 4 is 29.2 Å². The van der Waals surface area contributed by atoms with Gasteiger partial charge in [-0.15, -0.1) is 0 Å². The number of nitrogens with zero attached hydrogens (tertiary/aromatic N) is 7. The van der Waals surface area contributed by atoms with Gasteiger partial charge >= 0.3 is 0 Å². The van der Waals surface area contributed by atoms with Crippen LogP contribution in [-0.2, 0) is 0 Å². The van der Waals surface area contributed by atoms with E-state index in [9.17, 15) is 0 Å². The molecule has 0 fully saturated rings. The quantitative estimate of drug-likeness (QED) is 0.569. The Bertz CT molecular complexity index is 1090. The van der Waals surface area contributed by atoms with Crippen molar-refractivity contribution in [2.45, 2.75) is 0 Å². The van der Waals surface area contributed by atoms with E-state index < -0.39 is 0 Å². The molecule has 1 aromatic carbocycles. The molecule has 0 aliphatic carbocycles. The summed E-state index contributed by atoms with van der Waals surface area (Å²) in [6, 6.07) is 13.0. The van der Waals surface area contributed by atoms with Gasteiger partial charge in [0.2, 0.25) is 23.5 Å². The number of anilines is 3. The van der Waals surface area contributed by atoms with Gasteiger partial charge in [0, 0.05) is 18.9 Å². The Labute approximate surface area is 158 Å². The first-order valence-electron chi connectivity index (χ1n) is 7.87. The average Bonchev–Trinajstić information content (AvgIpc) is 3.18. The summed E-state index contributed by atoms with van der Waals surface area (Å²) in [5.41, 5.74) is 7.11. The second-order valence-electron chi connectivity index (χ2n) is 5.47. The van der Waals surface area contributed by atoms with E-state index in [2.05, 4.69) is 30.1 Å². The molecule has 3 aromatic heterocycles. The monoisotopic (exact) mass is 380 g/mol. The molecule has 0 atom stereocenters. The van der Waals surface area contributed by atoms with Gasteiger partial charge in [0.15, 0.2) is 0 Å². The first kappa shape index (κ1) is 16.9. The largest absolute Gasteiger partial charge is 0.368 e. The number of nitrogens with two attached hydrogens (primary N) is 1. The van der Waals surface area contributed by atoms with Crippen LogP contribution in [0, 0.1) is 0 Å². The van der Waals surface area contributed by atoms with E-state index in [1.807, 2.05) is 37.4 Å². The van der Waals surface area contributed by atoms with E-state index >= 15 is 0 Å². The Kier molecular flexibility index (Phi) is 4.35. The molecule has 9 nitrogen and oxygen atoms in total. The standard InChI is InChI=1S/C17H13ClN8O/c1-26(10-6-3-2-4-7-10)17-23-13(22-16(19)24-17)14-21-15(27-25-14)12-11(18)8-5-9-20-12/h2-9H,1H3,(H2,19,22,23,24). The fraction of sp³-hybridized carbons (Fsp3) is 0.0588. The summed E-state index contributed by atoms with van der Waals surface area (Å²) in [6.45, 7) is 0. The minimum absolute atomic E-state index is 0.0417. The predicted molar refractivity (Wildman–Crippen MR) is 100 cm³/mol. The smallest absolute Gasteiger partial charge is 0.278 e. The van der Waals surface area contributed by atoms with Crippen molar-refractivity contribution in [1.29, 1.82) is 0 Å². The molecule has 0 bridgehead atoms. The van der Waals surface area contributed by atoms with E-state index in [4.69, 9.17) is 21.9 Å². The average molecular weight is 381 g/mol. The highest BCUT2D eigenvalue weighted by Gasteiger charge is 2.19. The highest BCUT2D eigenvalue weighted by atomic mass is 35.5. The van der Waals surface area contributed by atoms with Crippen molar-refractivity contribution in [2.24, 2.45) is 0 Å². The summed E-state index contributed by atoms with van der Waals surface area (Å²) >= 11 is 6.12. The lowest BCUT2D eigenvalue weighted by Crippen LogP contribution is -2.15. The molecule has 0 aliphatic rings. The number of pyridine rings is 1. The lowest BCUT2D eigenvalue weighted by Gasteiger charge is -2.17.